The number of nitrogens with one attached hydrogen (secondary N) is 1. The first-order valence-electron chi connectivity index (χ1n) is 7.08. The smallest absolute Gasteiger partial charge is 0.0703 e. The van der Waals surface area contributed by atoms with Crippen LogP contribution in [0.15, 0.2) is 18.2 Å². The molecule has 1 N–H and O–H groups in total. The van der Waals surface area contributed by atoms with E-state index in [1.54, 1.807) is 0 Å². The van der Waals surface area contributed by atoms with Crippen LogP contribution in [0.3, 0.4) is 0 Å². The number of benzene rings is 1. The van der Waals surface area contributed by atoms with Crippen molar-refractivity contribution < 1.29 is 4.74 Å². The van der Waals surface area contributed by atoms with E-state index in [0.29, 0.717) is 12.0 Å². The van der Waals surface area contributed by atoms with Crippen molar-refractivity contribution in [3.8, 4) is 0 Å². The first kappa shape index (κ1) is 13.6. The minimum absolute atomic E-state index is 0.390. The van der Waals surface area contributed by atoms with Crippen LogP contribution in [0.5, 0.6) is 0 Å². The maximum Gasteiger partial charge on any atom is 0.0703 e. The van der Waals surface area contributed by atoms with E-state index < -0.39 is 0 Å². The Morgan fingerprint density at radius 1 is 1.39 bits per heavy atom. The molecule has 0 aromatic heterocycles. The molecule has 0 aliphatic carbocycles. The van der Waals surface area contributed by atoms with Crippen LogP contribution < -0.4 is 5.32 Å². The zero-order chi connectivity index (χ0) is 13.0. The summed E-state index contributed by atoms with van der Waals surface area (Å²) in [5.74, 6) is 0.608. The predicted molar refractivity (Wildman–Crippen MR) is 76.2 cm³/mol. The van der Waals surface area contributed by atoms with Gasteiger partial charge in [-0.2, -0.15) is 0 Å². The van der Waals surface area contributed by atoms with Crippen LogP contribution in [0.2, 0.25) is 0 Å². The van der Waals surface area contributed by atoms with Crippen molar-refractivity contribution in [3.63, 3.8) is 0 Å². The third-order valence-electron chi connectivity index (χ3n) is 3.78. The van der Waals surface area contributed by atoms with Gasteiger partial charge in [0.2, 0.25) is 0 Å². The van der Waals surface area contributed by atoms with Gasteiger partial charge in [0.25, 0.3) is 0 Å². The molecular weight excluding hydrogens is 222 g/mol. The molecule has 0 spiro atoms. The quantitative estimate of drug-likeness (QED) is 0.883. The van der Waals surface area contributed by atoms with Gasteiger partial charge in [-0.3, -0.25) is 0 Å². The minimum atomic E-state index is 0.390. The molecule has 0 amide bonds. The highest BCUT2D eigenvalue weighted by molar-refractivity contribution is 5.32. The summed E-state index contributed by atoms with van der Waals surface area (Å²) in [6.45, 7) is 9.57. The van der Waals surface area contributed by atoms with Crippen molar-refractivity contribution >= 4 is 0 Å². The topological polar surface area (TPSA) is 21.3 Å². The van der Waals surface area contributed by atoms with Gasteiger partial charge in [0.15, 0.2) is 0 Å². The average Bonchev–Trinajstić information content (AvgIpc) is 2.38. The maximum atomic E-state index is 5.75. The Hall–Kier alpha value is -0.860. The number of hydrogen-bond donors (Lipinski definition) is 1. The molecule has 1 heterocycles. The Kier molecular flexibility index (Phi) is 4.79. The second-order valence-corrected chi connectivity index (χ2v) is 5.58. The summed E-state index contributed by atoms with van der Waals surface area (Å²) in [4.78, 5) is 0. The molecule has 0 saturated carbocycles. The van der Waals surface area contributed by atoms with Crippen LogP contribution in [0.1, 0.15) is 42.9 Å². The highest BCUT2D eigenvalue weighted by Crippen LogP contribution is 2.20. The summed E-state index contributed by atoms with van der Waals surface area (Å²) in [5.41, 5.74) is 4.33. The molecule has 1 saturated heterocycles. The number of aryl methyl sites for hydroxylation is 2. The number of rotatable bonds is 4. The molecular formula is C16H25NO. The van der Waals surface area contributed by atoms with E-state index in [-0.39, 0.29) is 0 Å². The highest BCUT2D eigenvalue weighted by Gasteiger charge is 2.13. The average molecular weight is 247 g/mol. The Balaban J connectivity index is 1.97. The van der Waals surface area contributed by atoms with Gasteiger partial charge in [-0.25, -0.2) is 0 Å². The van der Waals surface area contributed by atoms with E-state index >= 15 is 0 Å². The standard InChI is InChI=1S/C16H25NO/c1-12(2)14-5-4-13(3)15(10-14)6-7-16-11-17-8-9-18-16/h4-5,10,12,16-17H,6-9,11H2,1-3H3. The highest BCUT2D eigenvalue weighted by atomic mass is 16.5. The molecule has 1 atom stereocenters. The summed E-state index contributed by atoms with van der Waals surface area (Å²) in [5, 5.41) is 3.39. The lowest BCUT2D eigenvalue weighted by molar-refractivity contribution is 0.0238. The van der Waals surface area contributed by atoms with Gasteiger partial charge in [0.05, 0.1) is 12.7 Å². The molecule has 1 aliphatic heterocycles. The molecule has 1 aliphatic rings. The summed E-state index contributed by atoms with van der Waals surface area (Å²) < 4.78 is 5.75. The molecule has 1 fully saturated rings. The van der Waals surface area contributed by atoms with Crippen molar-refractivity contribution in [2.24, 2.45) is 0 Å². The largest absolute Gasteiger partial charge is 0.376 e. The van der Waals surface area contributed by atoms with E-state index in [2.05, 4.69) is 44.3 Å². The molecule has 18 heavy (non-hydrogen) atoms. The molecule has 2 heteroatoms. The van der Waals surface area contributed by atoms with E-state index in [9.17, 15) is 0 Å². The zero-order valence-corrected chi connectivity index (χ0v) is 11.8. The molecule has 1 aromatic carbocycles. The molecule has 0 radical (unpaired) electrons. The van der Waals surface area contributed by atoms with Crippen LogP contribution in [-0.4, -0.2) is 25.8 Å². The fourth-order valence-corrected chi connectivity index (χ4v) is 2.44. The van der Waals surface area contributed by atoms with Crippen molar-refractivity contribution in [2.75, 3.05) is 19.7 Å². The van der Waals surface area contributed by atoms with Crippen molar-refractivity contribution in [1.82, 2.24) is 5.32 Å². The van der Waals surface area contributed by atoms with E-state index in [0.717, 1.165) is 32.5 Å². The summed E-state index contributed by atoms with van der Waals surface area (Å²) >= 11 is 0. The lowest BCUT2D eigenvalue weighted by Crippen LogP contribution is -2.38. The number of morpholine rings is 1. The third-order valence-corrected chi connectivity index (χ3v) is 3.78. The summed E-state index contributed by atoms with van der Waals surface area (Å²) in [6, 6.07) is 6.88. The Bertz CT molecular complexity index is 381. The number of hydrogen-bond acceptors (Lipinski definition) is 2. The molecule has 100 valence electrons. The Labute approximate surface area is 111 Å². The minimum Gasteiger partial charge on any atom is -0.376 e. The lowest BCUT2D eigenvalue weighted by Gasteiger charge is -2.24. The lowest BCUT2D eigenvalue weighted by atomic mass is 9.95. The summed E-state index contributed by atoms with van der Waals surface area (Å²) in [6.07, 6.45) is 2.63. The molecule has 1 aromatic rings. The maximum absolute atomic E-state index is 5.75. The van der Waals surface area contributed by atoms with E-state index in [1.165, 1.54) is 16.7 Å². The second kappa shape index (κ2) is 6.35. The van der Waals surface area contributed by atoms with Gasteiger partial charge in [-0.1, -0.05) is 32.0 Å². The van der Waals surface area contributed by atoms with E-state index in [1.807, 2.05) is 0 Å². The fraction of sp³-hybridized carbons (Fsp3) is 0.625. The van der Waals surface area contributed by atoms with Crippen molar-refractivity contribution in [3.05, 3.63) is 34.9 Å². The van der Waals surface area contributed by atoms with Crippen LogP contribution in [-0.2, 0) is 11.2 Å². The first-order chi connectivity index (χ1) is 8.66. The molecule has 2 nitrogen and oxygen atoms in total. The van der Waals surface area contributed by atoms with Gasteiger partial charge in [-0.15, -0.1) is 0 Å². The van der Waals surface area contributed by atoms with Crippen LogP contribution in [0.25, 0.3) is 0 Å². The zero-order valence-electron chi connectivity index (χ0n) is 11.8. The summed E-state index contributed by atoms with van der Waals surface area (Å²) in [7, 11) is 0. The van der Waals surface area contributed by atoms with Gasteiger partial charge in [0, 0.05) is 13.1 Å². The SMILES string of the molecule is Cc1ccc(C(C)C)cc1CCC1CNCCO1. The monoisotopic (exact) mass is 247 g/mol. The predicted octanol–water partition coefficient (Wildman–Crippen LogP) is 3.04. The second-order valence-electron chi connectivity index (χ2n) is 5.58. The van der Waals surface area contributed by atoms with Gasteiger partial charge in [0.1, 0.15) is 0 Å². The first-order valence-corrected chi connectivity index (χ1v) is 7.08. The Morgan fingerprint density at radius 3 is 2.89 bits per heavy atom. The fourth-order valence-electron chi connectivity index (χ4n) is 2.44. The molecule has 2 rings (SSSR count). The molecule has 0 bridgehead atoms. The molecule has 1 unspecified atom stereocenters. The van der Waals surface area contributed by atoms with E-state index in [4.69, 9.17) is 4.74 Å². The van der Waals surface area contributed by atoms with Crippen LogP contribution >= 0.6 is 0 Å². The van der Waals surface area contributed by atoms with Crippen molar-refractivity contribution in [2.45, 2.75) is 45.6 Å². The van der Waals surface area contributed by atoms with Gasteiger partial charge >= 0.3 is 0 Å². The van der Waals surface area contributed by atoms with Gasteiger partial charge in [-0.05, 0) is 42.4 Å². The van der Waals surface area contributed by atoms with Crippen molar-refractivity contribution in [1.29, 1.82) is 0 Å². The van der Waals surface area contributed by atoms with Crippen LogP contribution in [0, 0.1) is 6.92 Å². The van der Waals surface area contributed by atoms with Crippen LogP contribution in [0.4, 0.5) is 0 Å². The third kappa shape index (κ3) is 3.56. The normalized spacial score (nSPS) is 20.3. The van der Waals surface area contributed by atoms with Gasteiger partial charge < -0.3 is 10.1 Å². The Morgan fingerprint density at radius 2 is 2.22 bits per heavy atom. The number of ether oxygens (including phenoxy) is 1.